The lowest BCUT2D eigenvalue weighted by Gasteiger charge is -2.00. The van der Waals surface area contributed by atoms with Gasteiger partial charge in [0.1, 0.15) is 0 Å². The van der Waals surface area contributed by atoms with Gasteiger partial charge < -0.3 is 11.1 Å². The Bertz CT molecular complexity index is 86.5. The highest BCUT2D eigenvalue weighted by atomic mass is 14.9. The minimum atomic E-state index is 0.632. The molecule has 0 radical (unpaired) electrons. The standard InChI is InChI=1S/C6H12N2/c1-3-6(2)8-5-4-7/h3,8H,1-2,4-5,7H2. The summed E-state index contributed by atoms with van der Waals surface area (Å²) in [6.07, 6.45) is 1.66. The van der Waals surface area contributed by atoms with E-state index < -0.39 is 0 Å². The van der Waals surface area contributed by atoms with Crippen LogP contribution in [0.4, 0.5) is 0 Å². The van der Waals surface area contributed by atoms with Gasteiger partial charge in [-0.1, -0.05) is 13.2 Å². The van der Waals surface area contributed by atoms with Crippen molar-refractivity contribution in [3.8, 4) is 0 Å². The van der Waals surface area contributed by atoms with E-state index in [-0.39, 0.29) is 0 Å². The van der Waals surface area contributed by atoms with Gasteiger partial charge in [0.15, 0.2) is 0 Å². The van der Waals surface area contributed by atoms with Gasteiger partial charge in [0.25, 0.3) is 0 Å². The maximum atomic E-state index is 5.19. The van der Waals surface area contributed by atoms with Crippen molar-refractivity contribution in [1.82, 2.24) is 5.32 Å². The molecule has 0 spiro atoms. The fourth-order valence-corrected chi connectivity index (χ4v) is 0.305. The van der Waals surface area contributed by atoms with Crippen LogP contribution in [0.3, 0.4) is 0 Å². The van der Waals surface area contributed by atoms with Crippen LogP contribution in [-0.2, 0) is 0 Å². The predicted octanol–water partition coefficient (Wildman–Crippen LogP) is 0.234. The first-order valence-electron chi connectivity index (χ1n) is 2.56. The number of nitrogens with one attached hydrogen (secondary N) is 1. The Balaban J connectivity index is 3.11. The molecule has 0 heterocycles. The highest BCUT2D eigenvalue weighted by Crippen LogP contribution is 1.79. The predicted molar refractivity (Wildman–Crippen MR) is 36.4 cm³/mol. The monoisotopic (exact) mass is 112 g/mol. The van der Waals surface area contributed by atoms with E-state index in [0.29, 0.717) is 6.54 Å². The quantitative estimate of drug-likeness (QED) is 0.511. The van der Waals surface area contributed by atoms with Crippen LogP contribution < -0.4 is 11.1 Å². The second-order valence-corrected chi connectivity index (χ2v) is 1.44. The zero-order valence-corrected chi connectivity index (χ0v) is 4.98. The molecule has 2 heteroatoms. The van der Waals surface area contributed by atoms with E-state index in [9.17, 15) is 0 Å². The van der Waals surface area contributed by atoms with Crippen molar-refractivity contribution in [3.63, 3.8) is 0 Å². The lowest BCUT2D eigenvalue weighted by atomic mass is 10.4. The van der Waals surface area contributed by atoms with Gasteiger partial charge in [-0.15, -0.1) is 0 Å². The number of hydrogen-bond donors (Lipinski definition) is 2. The zero-order chi connectivity index (χ0) is 6.41. The van der Waals surface area contributed by atoms with E-state index in [1.807, 2.05) is 0 Å². The molecule has 0 rings (SSSR count). The highest BCUT2D eigenvalue weighted by Gasteiger charge is 1.79. The lowest BCUT2D eigenvalue weighted by Crippen LogP contribution is -2.20. The van der Waals surface area contributed by atoms with Crippen LogP contribution in [0.25, 0.3) is 0 Å². The molecule has 0 amide bonds. The van der Waals surface area contributed by atoms with Crippen molar-refractivity contribution < 1.29 is 0 Å². The average Bonchev–Trinajstić information content (AvgIpc) is 1.83. The summed E-state index contributed by atoms with van der Waals surface area (Å²) in [7, 11) is 0. The van der Waals surface area contributed by atoms with Crippen molar-refractivity contribution in [2.75, 3.05) is 13.1 Å². The molecule has 0 aromatic heterocycles. The van der Waals surface area contributed by atoms with Crippen molar-refractivity contribution in [3.05, 3.63) is 24.9 Å². The van der Waals surface area contributed by atoms with E-state index in [0.717, 1.165) is 12.2 Å². The summed E-state index contributed by atoms with van der Waals surface area (Å²) >= 11 is 0. The third kappa shape index (κ3) is 3.43. The van der Waals surface area contributed by atoms with E-state index in [1.54, 1.807) is 6.08 Å². The minimum Gasteiger partial charge on any atom is -0.384 e. The van der Waals surface area contributed by atoms with Gasteiger partial charge in [0, 0.05) is 18.8 Å². The van der Waals surface area contributed by atoms with Crippen LogP contribution in [0.5, 0.6) is 0 Å². The first kappa shape index (κ1) is 7.24. The number of hydrogen-bond acceptors (Lipinski definition) is 2. The van der Waals surface area contributed by atoms with Crippen LogP contribution in [0.2, 0.25) is 0 Å². The van der Waals surface area contributed by atoms with Crippen LogP contribution in [-0.4, -0.2) is 13.1 Å². The summed E-state index contributed by atoms with van der Waals surface area (Å²) in [5, 5.41) is 2.94. The highest BCUT2D eigenvalue weighted by molar-refractivity contribution is 5.07. The van der Waals surface area contributed by atoms with Gasteiger partial charge in [-0.2, -0.15) is 0 Å². The number of nitrogens with two attached hydrogens (primary N) is 1. The zero-order valence-electron chi connectivity index (χ0n) is 4.98. The average molecular weight is 112 g/mol. The van der Waals surface area contributed by atoms with Gasteiger partial charge >= 0.3 is 0 Å². The van der Waals surface area contributed by atoms with Crippen LogP contribution in [0.1, 0.15) is 0 Å². The van der Waals surface area contributed by atoms with E-state index >= 15 is 0 Å². The van der Waals surface area contributed by atoms with Gasteiger partial charge in [-0.25, -0.2) is 0 Å². The Kier molecular flexibility index (Phi) is 3.98. The molecule has 8 heavy (non-hydrogen) atoms. The van der Waals surface area contributed by atoms with Crippen LogP contribution in [0.15, 0.2) is 24.9 Å². The van der Waals surface area contributed by atoms with Crippen LogP contribution >= 0.6 is 0 Å². The van der Waals surface area contributed by atoms with Crippen molar-refractivity contribution in [2.45, 2.75) is 0 Å². The Morgan fingerprint density at radius 2 is 2.38 bits per heavy atom. The lowest BCUT2D eigenvalue weighted by molar-refractivity contribution is 0.818. The molecule has 0 bridgehead atoms. The molecule has 0 aliphatic heterocycles. The van der Waals surface area contributed by atoms with E-state index in [2.05, 4.69) is 18.5 Å². The second-order valence-electron chi connectivity index (χ2n) is 1.44. The molecule has 2 nitrogen and oxygen atoms in total. The molecule has 0 aliphatic rings. The molecule has 0 atom stereocenters. The van der Waals surface area contributed by atoms with Gasteiger partial charge in [-0.05, 0) is 6.08 Å². The third-order valence-corrected chi connectivity index (χ3v) is 0.743. The molecule has 0 fully saturated rings. The topological polar surface area (TPSA) is 38.0 Å². The Morgan fingerprint density at radius 1 is 1.75 bits per heavy atom. The van der Waals surface area contributed by atoms with E-state index in [4.69, 9.17) is 5.73 Å². The largest absolute Gasteiger partial charge is 0.384 e. The fraction of sp³-hybridized carbons (Fsp3) is 0.333. The van der Waals surface area contributed by atoms with Gasteiger partial charge in [0.2, 0.25) is 0 Å². The van der Waals surface area contributed by atoms with Crippen molar-refractivity contribution >= 4 is 0 Å². The number of rotatable bonds is 4. The maximum absolute atomic E-state index is 5.19. The Morgan fingerprint density at radius 3 is 2.75 bits per heavy atom. The maximum Gasteiger partial charge on any atom is 0.0269 e. The molecule has 46 valence electrons. The summed E-state index contributed by atoms with van der Waals surface area (Å²) in [4.78, 5) is 0. The van der Waals surface area contributed by atoms with Gasteiger partial charge in [-0.3, -0.25) is 0 Å². The summed E-state index contributed by atoms with van der Waals surface area (Å²) < 4.78 is 0. The van der Waals surface area contributed by atoms with Crippen molar-refractivity contribution in [1.29, 1.82) is 0 Å². The summed E-state index contributed by atoms with van der Waals surface area (Å²) in [6, 6.07) is 0. The normalized spacial score (nSPS) is 8.12. The molecule has 3 N–H and O–H groups in total. The summed E-state index contributed by atoms with van der Waals surface area (Å²) in [6.45, 7) is 8.54. The van der Waals surface area contributed by atoms with Crippen LogP contribution in [0, 0.1) is 0 Å². The second kappa shape index (κ2) is 4.40. The first-order valence-corrected chi connectivity index (χ1v) is 2.56. The summed E-state index contributed by atoms with van der Waals surface area (Å²) in [5.74, 6) is 0. The molecule has 0 aliphatic carbocycles. The molecule has 0 saturated carbocycles. The van der Waals surface area contributed by atoms with E-state index in [1.165, 1.54) is 0 Å². The molecule has 0 unspecified atom stereocenters. The first-order chi connectivity index (χ1) is 3.81. The molecular formula is C6H12N2. The SMILES string of the molecule is C=CC(=C)NCCN. The van der Waals surface area contributed by atoms with Gasteiger partial charge in [0.05, 0.1) is 0 Å². The Hall–Kier alpha value is -0.760. The molecule has 0 saturated heterocycles. The fourth-order valence-electron chi connectivity index (χ4n) is 0.305. The molecule has 0 aromatic rings. The van der Waals surface area contributed by atoms with Crippen molar-refractivity contribution in [2.24, 2.45) is 5.73 Å². The molecule has 0 aromatic carbocycles. The number of allylic oxidation sites excluding steroid dienone is 1. The minimum absolute atomic E-state index is 0.632. The Labute approximate surface area is 50.1 Å². The molecular weight excluding hydrogens is 100 g/mol. The summed E-state index contributed by atoms with van der Waals surface area (Å²) in [5.41, 5.74) is 6.02. The third-order valence-electron chi connectivity index (χ3n) is 0.743. The smallest absolute Gasteiger partial charge is 0.0269 e.